The van der Waals surface area contributed by atoms with Crippen LogP contribution in [0, 0.1) is 5.92 Å². The van der Waals surface area contributed by atoms with Crippen molar-refractivity contribution in [1.29, 1.82) is 0 Å². The minimum atomic E-state index is -2.92. The lowest BCUT2D eigenvalue weighted by molar-refractivity contribution is -0.117. The molecular formula is C18H17F2NO3. The number of halogens is 2. The number of alkyl halides is 2. The molecule has 1 amide bonds. The van der Waals surface area contributed by atoms with E-state index in [2.05, 4.69) is 10.1 Å². The molecule has 0 radical (unpaired) electrons. The van der Waals surface area contributed by atoms with E-state index in [1.807, 2.05) is 0 Å². The van der Waals surface area contributed by atoms with Crippen LogP contribution in [-0.4, -0.2) is 19.6 Å². The summed E-state index contributed by atoms with van der Waals surface area (Å²) >= 11 is 0. The first-order chi connectivity index (χ1) is 11.6. The molecule has 0 atom stereocenters. The highest BCUT2D eigenvalue weighted by atomic mass is 19.3. The van der Waals surface area contributed by atoms with Crippen molar-refractivity contribution in [2.24, 2.45) is 5.92 Å². The lowest BCUT2D eigenvalue weighted by atomic mass is 10.0. The molecule has 0 aromatic heterocycles. The summed E-state index contributed by atoms with van der Waals surface area (Å²) in [7, 11) is 1.55. The van der Waals surface area contributed by atoms with Gasteiger partial charge in [0.2, 0.25) is 5.91 Å². The van der Waals surface area contributed by atoms with Crippen LogP contribution < -0.4 is 14.8 Å². The Morgan fingerprint density at radius 3 is 2.46 bits per heavy atom. The number of hydrogen-bond acceptors (Lipinski definition) is 3. The Hall–Kier alpha value is -2.63. The van der Waals surface area contributed by atoms with Crippen molar-refractivity contribution < 1.29 is 23.0 Å². The monoisotopic (exact) mass is 333 g/mol. The lowest BCUT2D eigenvalue weighted by Crippen LogP contribution is -2.13. The number of ether oxygens (including phenoxy) is 2. The highest BCUT2D eigenvalue weighted by molar-refractivity contribution is 5.95. The number of amides is 1. The third kappa shape index (κ3) is 3.82. The van der Waals surface area contributed by atoms with Crippen LogP contribution in [0.5, 0.6) is 11.5 Å². The van der Waals surface area contributed by atoms with E-state index >= 15 is 0 Å². The van der Waals surface area contributed by atoms with Gasteiger partial charge in [0.15, 0.2) is 0 Å². The van der Waals surface area contributed by atoms with Crippen molar-refractivity contribution in [1.82, 2.24) is 0 Å². The van der Waals surface area contributed by atoms with E-state index < -0.39 is 6.61 Å². The molecule has 0 saturated heterocycles. The van der Waals surface area contributed by atoms with Crippen LogP contribution in [0.15, 0.2) is 42.5 Å². The molecule has 4 nitrogen and oxygen atoms in total. The van der Waals surface area contributed by atoms with Crippen molar-refractivity contribution in [2.75, 3.05) is 12.4 Å². The molecule has 0 spiro atoms. The molecule has 3 rings (SSSR count). The fourth-order valence-electron chi connectivity index (χ4n) is 2.39. The van der Waals surface area contributed by atoms with E-state index in [0.29, 0.717) is 22.6 Å². The van der Waals surface area contributed by atoms with Gasteiger partial charge in [-0.25, -0.2) is 0 Å². The molecule has 0 aliphatic heterocycles. The number of carbonyl (C=O) groups is 1. The van der Waals surface area contributed by atoms with Crippen molar-refractivity contribution in [3.63, 3.8) is 0 Å². The largest absolute Gasteiger partial charge is 0.497 e. The van der Waals surface area contributed by atoms with Crippen LogP contribution in [-0.2, 0) is 4.79 Å². The van der Waals surface area contributed by atoms with Crippen molar-refractivity contribution in [3.05, 3.63) is 42.5 Å². The molecule has 1 fully saturated rings. The average molecular weight is 333 g/mol. The number of hydrogen-bond donors (Lipinski definition) is 1. The zero-order chi connectivity index (χ0) is 17.1. The molecule has 1 saturated carbocycles. The highest BCUT2D eigenvalue weighted by Crippen LogP contribution is 2.36. The van der Waals surface area contributed by atoms with Gasteiger partial charge in [0, 0.05) is 17.2 Å². The first-order valence-electron chi connectivity index (χ1n) is 7.61. The van der Waals surface area contributed by atoms with Gasteiger partial charge in [-0.05, 0) is 48.7 Å². The second-order valence-corrected chi connectivity index (χ2v) is 5.58. The van der Waals surface area contributed by atoms with E-state index in [1.54, 1.807) is 43.5 Å². The normalized spacial score (nSPS) is 13.7. The Morgan fingerprint density at radius 2 is 1.88 bits per heavy atom. The van der Waals surface area contributed by atoms with Crippen LogP contribution in [0.1, 0.15) is 12.8 Å². The minimum absolute atomic E-state index is 0.0433. The second kappa shape index (κ2) is 6.86. The number of anilines is 1. The topological polar surface area (TPSA) is 47.6 Å². The third-order valence-corrected chi connectivity index (χ3v) is 3.81. The molecule has 2 aromatic rings. The van der Waals surface area contributed by atoms with Crippen molar-refractivity contribution in [3.8, 4) is 22.6 Å². The number of benzene rings is 2. The maximum Gasteiger partial charge on any atom is 0.387 e. The van der Waals surface area contributed by atoms with Gasteiger partial charge >= 0.3 is 6.61 Å². The maximum absolute atomic E-state index is 12.6. The molecule has 1 aliphatic rings. The van der Waals surface area contributed by atoms with Crippen LogP contribution >= 0.6 is 0 Å². The first-order valence-corrected chi connectivity index (χ1v) is 7.61. The van der Waals surface area contributed by atoms with Gasteiger partial charge in [-0.15, -0.1) is 0 Å². The quantitative estimate of drug-likeness (QED) is 0.857. The smallest absolute Gasteiger partial charge is 0.387 e. The fourth-order valence-corrected chi connectivity index (χ4v) is 2.39. The molecule has 2 aromatic carbocycles. The van der Waals surface area contributed by atoms with E-state index in [4.69, 9.17) is 4.74 Å². The molecule has 24 heavy (non-hydrogen) atoms. The fraction of sp³-hybridized carbons (Fsp3) is 0.278. The van der Waals surface area contributed by atoms with Crippen LogP contribution in [0.2, 0.25) is 0 Å². The SMILES string of the molecule is COc1ccc(-c2cc(NC(=O)C3CC3)ccc2OC(F)F)cc1. The predicted molar refractivity (Wildman–Crippen MR) is 86.4 cm³/mol. The zero-order valence-electron chi connectivity index (χ0n) is 13.1. The summed E-state index contributed by atoms with van der Waals surface area (Å²) in [6.07, 6.45) is 1.79. The van der Waals surface area contributed by atoms with Gasteiger partial charge in [-0.1, -0.05) is 12.1 Å². The zero-order valence-corrected chi connectivity index (χ0v) is 13.1. The third-order valence-electron chi connectivity index (χ3n) is 3.81. The van der Waals surface area contributed by atoms with Crippen LogP contribution in [0.3, 0.4) is 0 Å². The van der Waals surface area contributed by atoms with Crippen molar-refractivity contribution in [2.45, 2.75) is 19.5 Å². The number of carbonyl (C=O) groups excluding carboxylic acids is 1. The van der Waals surface area contributed by atoms with Gasteiger partial charge in [-0.2, -0.15) is 8.78 Å². The molecule has 0 heterocycles. The number of methoxy groups -OCH3 is 1. The standard InChI is InChI=1S/C18H17F2NO3/c1-23-14-7-4-11(5-8-14)15-10-13(21-17(22)12-2-3-12)6-9-16(15)24-18(19)20/h4-10,12,18H,2-3H2,1H3,(H,21,22). The highest BCUT2D eigenvalue weighted by Gasteiger charge is 2.29. The van der Waals surface area contributed by atoms with E-state index in [-0.39, 0.29) is 17.6 Å². The van der Waals surface area contributed by atoms with Gasteiger partial charge in [0.05, 0.1) is 7.11 Å². The summed E-state index contributed by atoms with van der Waals surface area (Å²) < 4.78 is 35.0. The average Bonchev–Trinajstić information content (AvgIpc) is 3.41. The van der Waals surface area contributed by atoms with Gasteiger partial charge in [0.25, 0.3) is 0 Å². The van der Waals surface area contributed by atoms with Crippen LogP contribution in [0.4, 0.5) is 14.5 Å². The summed E-state index contributed by atoms with van der Waals surface area (Å²) in [5.41, 5.74) is 1.72. The molecule has 0 bridgehead atoms. The Bertz CT molecular complexity index is 728. The molecule has 0 unspecified atom stereocenters. The Balaban J connectivity index is 1.92. The Kier molecular flexibility index (Phi) is 4.64. The summed E-state index contributed by atoms with van der Waals surface area (Å²) in [5, 5.41) is 2.81. The first kappa shape index (κ1) is 16.2. The second-order valence-electron chi connectivity index (χ2n) is 5.58. The van der Waals surface area contributed by atoms with Crippen LogP contribution in [0.25, 0.3) is 11.1 Å². The molecular weight excluding hydrogens is 316 g/mol. The number of nitrogens with one attached hydrogen (secondary N) is 1. The molecule has 6 heteroatoms. The molecule has 1 N–H and O–H groups in total. The summed E-state index contributed by atoms with van der Waals surface area (Å²) in [4.78, 5) is 11.9. The summed E-state index contributed by atoms with van der Waals surface area (Å²) in [6, 6.07) is 11.6. The van der Waals surface area contributed by atoms with Gasteiger partial charge < -0.3 is 14.8 Å². The lowest BCUT2D eigenvalue weighted by Gasteiger charge is -2.14. The Morgan fingerprint density at radius 1 is 1.17 bits per heavy atom. The Labute approximate surface area is 138 Å². The van der Waals surface area contributed by atoms with Gasteiger partial charge in [-0.3, -0.25) is 4.79 Å². The maximum atomic E-state index is 12.6. The summed E-state index contributed by atoms with van der Waals surface area (Å²) in [6.45, 7) is -2.92. The summed E-state index contributed by atoms with van der Waals surface area (Å²) in [5.74, 6) is 0.734. The predicted octanol–water partition coefficient (Wildman–Crippen LogP) is 4.31. The molecule has 126 valence electrons. The molecule has 1 aliphatic carbocycles. The minimum Gasteiger partial charge on any atom is -0.497 e. The van der Waals surface area contributed by atoms with Gasteiger partial charge in [0.1, 0.15) is 11.5 Å². The van der Waals surface area contributed by atoms with E-state index in [0.717, 1.165) is 12.8 Å². The van der Waals surface area contributed by atoms with Crippen molar-refractivity contribution >= 4 is 11.6 Å². The number of rotatable bonds is 6. The van der Waals surface area contributed by atoms with E-state index in [1.165, 1.54) is 6.07 Å². The van der Waals surface area contributed by atoms with E-state index in [9.17, 15) is 13.6 Å².